The zero-order chi connectivity index (χ0) is 21.8. The van der Waals surface area contributed by atoms with Gasteiger partial charge in [-0.05, 0) is 53.8 Å². The normalized spacial score (nSPS) is 16.5. The molecule has 160 valence electrons. The van der Waals surface area contributed by atoms with E-state index in [2.05, 4.69) is 5.32 Å². The third-order valence-electron chi connectivity index (χ3n) is 5.48. The summed E-state index contributed by atoms with van der Waals surface area (Å²) in [5.41, 5.74) is 3.02. The van der Waals surface area contributed by atoms with E-state index in [9.17, 15) is 13.2 Å². The van der Waals surface area contributed by atoms with Gasteiger partial charge in [0, 0.05) is 18.1 Å². The van der Waals surface area contributed by atoms with Gasteiger partial charge in [0.25, 0.3) is 0 Å². The molecule has 3 aromatic carbocycles. The minimum atomic E-state index is -3.88. The van der Waals surface area contributed by atoms with E-state index in [1.54, 1.807) is 12.1 Å². The fourth-order valence-electron chi connectivity index (χ4n) is 3.81. The van der Waals surface area contributed by atoms with E-state index in [1.165, 1.54) is 16.4 Å². The number of hydrogen-bond donors (Lipinski definition) is 1. The zero-order valence-electron chi connectivity index (χ0n) is 16.9. The fraction of sp³-hybridized carbons (Fsp3) is 0.208. The van der Waals surface area contributed by atoms with Crippen molar-refractivity contribution < 1.29 is 13.2 Å². The highest BCUT2D eigenvalue weighted by atomic mass is 35.5. The third-order valence-corrected chi connectivity index (χ3v) is 7.60. The number of carbonyl (C=O) groups excluding carboxylic acids is 1. The Balaban J connectivity index is 1.58. The SMILES string of the molecule is O=C(NCCc1ccccc1)[C@H]1Cc2ccccc2CN1S(=O)(=O)c1ccc(Cl)cc1. The third kappa shape index (κ3) is 4.82. The van der Waals surface area contributed by atoms with Crippen LogP contribution in [0.15, 0.2) is 83.8 Å². The molecule has 31 heavy (non-hydrogen) atoms. The van der Waals surface area contributed by atoms with E-state index in [4.69, 9.17) is 11.6 Å². The van der Waals surface area contributed by atoms with Crippen molar-refractivity contribution in [3.8, 4) is 0 Å². The van der Waals surface area contributed by atoms with Crippen LogP contribution in [0.5, 0.6) is 0 Å². The first-order chi connectivity index (χ1) is 14.9. The first-order valence-electron chi connectivity index (χ1n) is 10.1. The monoisotopic (exact) mass is 454 g/mol. The number of carbonyl (C=O) groups is 1. The van der Waals surface area contributed by atoms with Crippen molar-refractivity contribution in [2.75, 3.05) is 6.54 Å². The molecule has 1 aliphatic heterocycles. The fourth-order valence-corrected chi connectivity index (χ4v) is 5.50. The highest BCUT2D eigenvalue weighted by Crippen LogP contribution is 2.29. The van der Waals surface area contributed by atoms with Gasteiger partial charge in [-0.3, -0.25) is 4.79 Å². The molecule has 1 atom stereocenters. The lowest BCUT2D eigenvalue weighted by Crippen LogP contribution is -2.52. The summed E-state index contributed by atoms with van der Waals surface area (Å²) in [5.74, 6) is -0.289. The molecule has 1 N–H and O–H groups in total. The quantitative estimate of drug-likeness (QED) is 0.615. The van der Waals surface area contributed by atoms with E-state index in [1.807, 2.05) is 54.6 Å². The summed E-state index contributed by atoms with van der Waals surface area (Å²) in [7, 11) is -3.88. The Morgan fingerprint density at radius 2 is 1.58 bits per heavy atom. The highest BCUT2D eigenvalue weighted by Gasteiger charge is 2.39. The number of halogens is 1. The maximum atomic E-state index is 13.4. The van der Waals surface area contributed by atoms with E-state index >= 15 is 0 Å². The molecule has 0 bridgehead atoms. The summed E-state index contributed by atoms with van der Waals surface area (Å²) >= 11 is 5.93. The Hall–Kier alpha value is -2.67. The number of nitrogens with zero attached hydrogens (tertiary/aromatic N) is 1. The van der Waals surface area contributed by atoms with Crippen LogP contribution in [0, 0.1) is 0 Å². The first-order valence-corrected chi connectivity index (χ1v) is 11.9. The summed E-state index contributed by atoms with van der Waals surface area (Å²) in [5, 5.41) is 3.38. The van der Waals surface area contributed by atoms with Gasteiger partial charge < -0.3 is 5.32 Å². The Morgan fingerprint density at radius 3 is 2.29 bits per heavy atom. The molecule has 4 rings (SSSR count). The second kappa shape index (κ2) is 9.22. The minimum absolute atomic E-state index is 0.123. The number of fused-ring (bicyclic) bond motifs is 1. The van der Waals surface area contributed by atoms with E-state index in [0.29, 0.717) is 24.4 Å². The van der Waals surface area contributed by atoms with Gasteiger partial charge in [-0.1, -0.05) is 66.2 Å². The Morgan fingerprint density at radius 1 is 0.935 bits per heavy atom. The number of rotatable bonds is 6. The van der Waals surface area contributed by atoms with Crippen LogP contribution in [0.4, 0.5) is 0 Å². The molecule has 5 nitrogen and oxygen atoms in total. The predicted octanol–water partition coefficient (Wildman–Crippen LogP) is 3.81. The molecular formula is C24H23ClN2O3S. The average molecular weight is 455 g/mol. The minimum Gasteiger partial charge on any atom is -0.354 e. The molecule has 0 radical (unpaired) electrons. The molecular weight excluding hydrogens is 432 g/mol. The van der Waals surface area contributed by atoms with Crippen LogP contribution in [0.25, 0.3) is 0 Å². The van der Waals surface area contributed by atoms with Gasteiger partial charge in [0.2, 0.25) is 15.9 Å². The van der Waals surface area contributed by atoms with Crippen molar-refractivity contribution in [1.29, 1.82) is 0 Å². The maximum absolute atomic E-state index is 13.4. The summed E-state index contributed by atoms with van der Waals surface area (Å²) in [6.45, 7) is 0.591. The number of hydrogen-bond acceptors (Lipinski definition) is 3. The van der Waals surface area contributed by atoms with Crippen molar-refractivity contribution in [3.63, 3.8) is 0 Å². The van der Waals surface area contributed by atoms with E-state index in [0.717, 1.165) is 16.7 Å². The molecule has 7 heteroatoms. The largest absolute Gasteiger partial charge is 0.354 e. The molecule has 1 amide bonds. The molecule has 1 aliphatic rings. The number of nitrogens with one attached hydrogen (secondary N) is 1. The Bertz CT molecular complexity index is 1160. The summed E-state index contributed by atoms with van der Waals surface area (Å²) in [6, 6.07) is 22.7. The van der Waals surface area contributed by atoms with Crippen molar-refractivity contribution in [2.24, 2.45) is 0 Å². The lowest BCUT2D eigenvalue weighted by Gasteiger charge is -2.35. The molecule has 0 spiro atoms. The second-order valence-electron chi connectivity index (χ2n) is 7.52. The first kappa shape index (κ1) is 21.6. The average Bonchev–Trinajstić information content (AvgIpc) is 2.79. The van der Waals surface area contributed by atoms with Crippen LogP contribution in [-0.4, -0.2) is 31.2 Å². The van der Waals surface area contributed by atoms with E-state index in [-0.39, 0.29) is 17.3 Å². The molecule has 0 unspecified atom stereocenters. The van der Waals surface area contributed by atoms with Gasteiger partial charge in [0.05, 0.1) is 4.90 Å². The van der Waals surface area contributed by atoms with E-state index < -0.39 is 16.1 Å². The smallest absolute Gasteiger partial charge is 0.244 e. The zero-order valence-corrected chi connectivity index (χ0v) is 18.4. The predicted molar refractivity (Wildman–Crippen MR) is 121 cm³/mol. The number of benzene rings is 3. The Kier molecular flexibility index (Phi) is 6.41. The topological polar surface area (TPSA) is 66.5 Å². The van der Waals surface area contributed by atoms with Gasteiger partial charge in [-0.25, -0.2) is 8.42 Å². The Labute approximate surface area is 187 Å². The van der Waals surface area contributed by atoms with Crippen molar-refractivity contribution in [3.05, 3.63) is 101 Å². The standard InChI is InChI=1S/C24H23ClN2O3S/c25-21-10-12-22(13-11-21)31(29,30)27-17-20-9-5-4-8-19(20)16-23(27)24(28)26-15-14-18-6-2-1-3-7-18/h1-13,23H,14-17H2,(H,26,28)/t23-/m1/s1. The van der Waals surface area contributed by atoms with Crippen molar-refractivity contribution in [2.45, 2.75) is 30.3 Å². The maximum Gasteiger partial charge on any atom is 0.244 e. The van der Waals surface area contributed by atoms with Gasteiger partial charge in [-0.15, -0.1) is 0 Å². The van der Waals surface area contributed by atoms with Crippen LogP contribution in [-0.2, 0) is 34.2 Å². The second-order valence-corrected chi connectivity index (χ2v) is 9.85. The van der Waals surface area contributed by atoms with Crippen LogP contribution in [0.1, 0.15) is 16.7 Å². The molecule has 0 saturated heterocycles. The molecule has 3 aromatic rings. The van der Waals surface area contributed by atoms with Crippen LogP contribution < -0.4 is 5.32 Å². The van der Waals surface area contributed by atoms with Gasteiger partial charge in [0.15, 0.2) is 0 Å². The summed E-state index contributed by atoms with van der Waals surface area (Å²) < 4.78 is 28.1. The van der Waals surface area contributed by atoms with Gasteiger partial charge >= 0.3 is 0 Å². The van der Waals surface area contributed by atoms with Crippen LogP contribution in [0.2, 0.25) is 5.02 Å². The summed E-state index contributed by atoms with van der Waals surface area (Å²) in [4.78, 5) is 13.2. The van der Waals surface area contributed by atoms with Crippen molar-refractivity contribution in [1.82, 2.24) is 9.62 Å². The molecule has 0 aromatic heterocycles. The van der Waals surface area contributed by atoms with Crippen LogP contribution >= 0.6 is 11.6 Å². The molecule has 1 heterocycles. The lowest BCUT2D eigenvalue weighted by molar-refractivity contribution is -0.125. The highest BCUT2D eigenvalue weighted by molar-refractivity contribution is 7.89. The van der Waals surface area contributed by atoms with Gasteiger partial charge in [0.1, 0.15) is 6.04 Å². The number of sulfonamides is 1. The van der Waals surface area contributed by atoms with Gasteiger partial charge in [-0.2, -0.15) is 4.31 Å². The van der Waals surface area contributed by atoms with Crippen LogP contribution in [0.3, 0.4) is 0 Å². The molecule has 0 fully saturated rings. The van der Waals surface area contributed by atoms with Crippen molar-refractivity contribution >= 4 is 27.5 Å². The molecule has 0 saturated carbocycles. The summed E-state index contributed by atoms with van der Waals surface area (Å²) in [6.07, 6.45) is 1.01. The molecule has 0 aliphatic carbocycles. The lowest BCUT2D eigenvalue weighted by atomic mass is 9.95. The number of amides is 1.